The lowest BCUT2D eigenvalue weighted by atomic mass is 9.43. The molecule has 1 aromatic rings. The van der Waals surface area contributed by atoms with Crippen LogP contribution in [0.5, 0.6) is 11.5 Å². The second-order valence-corrected chi connectivity index (χ2v) is 13.0. The summed E-state index contributed by atoms with van der Waals surface area (Å²) in [5.41, 5.74) is -0.0491. The fourth-order valence-corrected chi connectivity index (χ4v) is 8.38. The molecular weight excluding hydrogens is 518 g/mol. The second kappa shape index (κ2) is 9.38. The van der Waals surface area contributed by atoms with Crippen molar-refractivity contribution >= 4 is 23.8 Å². The minimum atomic E-state index is -1.32. The lowest BCUT2D eigenvalue weighted by molar-refractivity contribution is -0.238. The zero-order chi connectivity index (χ0) is 29.4. The SMILES string of the molecule is CC(=O)O[C@H]1CC[C@@]23Oc4c(c(O)cc5c4CN(C(CCC(=O)O)C(=O)O)C5=O)C[C@]2(C)[C@@H](C)CC[C@H]3C1(C)C. The Hall–Kier alpha value is -3.30. The molecule has 1 spiro atoms. The lowest BCUT2D eigenvalue weighted by Gasteiger charge is -2.67. The van der Waals surface area contributed by atoms with Crippen LogP contribution in [0, 0.1) is 22.7 Å². The number of carboxylic acid groups (broad SMARTS) is 2. The highest BCUT2D eigenvalue weighted by atomic mass is 16.5. The van der Waals surface area contributed by atoms with Crippen LogP contribution >= 0.6 is 0 Å². The van der Waals surface area contributed by atoms with Crippen LogP contribution in [0.25, 0.3) is 0 Å². The van der Waals surface area contributed by atoms with E-state index in [2.05, 4.69) is 27.7 Å². The average Bonchev–Trinajstić information content (AvgIpc) is 3.16. The van der Waals surface area contributed by atoms with E-state index >= 15 is 0 Å². The number of ether oxygens (including phenoxy) is 2. The van der Waals surface area contributed by atoms with Crippen LogP contribution in [-0.2, 0) is 32.1 Å². The molecule has 2 saturated carbocycles. The predicted molar refractivity (Wildman–Crippen MR) is 142 cm³/mol. The van der Waals surface area contributed by atoms with E-state index in [0.717, 1.165) is 12.8 Å². The highest BCUT2D eigenvalue weighted by molar-refractivity contribution is 6.02. The number of fused-ring (bicyclic) bond motifs is 3. The summed E-state index contributed by atoms with van der Waals surface area (Å²) >= 11 is 0. The molecule has 10 heteroatoms. The van der Waals surface area contributed by atoms with Gasteiger partial charge in [0.1, 0.15) is 29.2 Å². The van der Waals surface area contributed by atoms with Gasteiger partial charge in [0, 0.05) is 41.2 Å². The number of carboxylic acids is 2. The van der Waals surface area contributed by atoms with E-state index in [1.54, 1.807) is 0 Å². The normalized spacial score (nSPS) is 32.6. The van der Waals surface area contributed by atoms with Crippen molar-refractivity contribution in [2.75, 3.05) is 0 Å². The highest BCUT2D eigenvalue weighted by Crippen LogP contribution is 2.67. The number of rotatable bonds is 6. The number of phenols is 1. The summed E-state index contributed by atoms with van der Waals surface area (Å²) < 4.78 is 12.9. The summed E-state index contributed by atoms with van der Waals surface area (Å²) in [5, 5.41) is 30.1. The van der Waals surface area contributed by atoms with Crippen LogP contribution in [0.3, 0.4) is 0 Å². The van der Waals surface area contributed by atoms with Crippen LogP contribution in [0.1, 0.15) is 94.6 Å². The Morgan fingerprint density at radius 3 is 2.48 bits per heavy atom. The lowest BCUT2D eigenvalue weighted by Crippen LogP contribution is -2.70. The van der Waals surface area contributed by atoms with Crippen LogP contribution in [-0.4, -0.2) is 61.8 Å². The molecule has 4 aliphatic rings. The molecule has 218 valence electrons. The van der Waals surface area contributed by atoms with Crippen molar-refractivity contribution in [3.05, 3.63) is 22.8 Å². The summed E-state index contributed by atoms with van der Waals surface area (Å²) in [6, 6.07) is 0.0884. The first-order chi connectivity index (χ1) is 18.6. The second-order valence-electron chi connectivity index (χ2n) is 13.0. The van der Waals surface area contributed by atoms with Crippen LogP contribution in [0.4, 0.5) is 0 Å². The Bertz CT molecular complexity index is 1290. The molecule has 5 rings (SSSR count). The Morgan fingerprint density at radius 1 is 1.15 bits per heavy atom. The van der Waals surface area contributed by atoms with Crippen LogP contribution in [0.15, 0.2) is 6.07 Å². The van der Waals surface area contributed by atoms with Crippen molar-refractivity contribution in [2.24, 2.45) is 22.7 Å². The number of hydrogen-bond donors (Lipinski definition) is 3. The molecule has 10 nitrogen and oxygen atoms in total. The molecule has 1 unspecified atom stereocenters. The number of hydrogen-bond acceptors (Lipinski definition) is 7. The van der Waals surface area contributed by atoms with Crippen LogP contribution < -0.4 is 4.74 Å². The van der Waals surface area contributed by atoms with Crippen molar-refractivity contribution in [2.45, 2.75) is 104 Å². The van der Waals surface area contributed by atoms with Gasteiger partial charge in [0.25, 0.3) is 5.91 Å². The summed E-state index contributed by atoms with van der Waals surface area (Å²) in [5.74, 6) is -2.61. The fraction of sp³-hybridized carbons (Fsp3) is 0.667. The third kappa shape index (κ3) is 3.96. The number of esters is 1. The Labute approximate surface area is 233 Å². The number of amides is 1. The molecule has 1 amide bonds. The Morgan fingerprint density at radius 2 is 1.85 bits per heavy atom. The molecule has 3 N–H and O–H groups in total. The number of aliphatic carboxylic acids is 2. The van der Waals surface area contributed by atoms with Gasteiger partial charge in [-0.1, -0.05) is 27.7 Å². The van der Waals surface area contributed by atoms with E-state index in [1.165, 1.54) is 17.9 Å². The van der Waals surface area contributed by atoms with Gasteiger partial charge in [0.05, 0.1) is 12.1 Å². The number of phenolic OH excluding ortho intramolecular Hbond substituents is 1. The molecule has 1 aromatic carbocycles. The van der Waals surface area contributed by atoms with Gasteiger partial charge in [-0.15, -0.1) is 0 Å². The maximum absolute atomic E-state index is 13.5. The first-order valence-corrected chi connectivity index (χ1v) is 14.1. The maximum Gasteiger partial charge on any atom is 0.326 e. The molecular formula is C30H39NO9. The smallest absolute Gasteiger partial charge is 0.326 e. The van der Waals surface area contributed by atoms with Gasteiger partial charge in [-0.25, -0.2) is 4.79 Å². The maximum atomic E-state index is 13.5. The van der Waals surface area contributed by atoms with Crippen molar-refractivity contribution < 1.29 is 44.0 Å². The zero-order valence-corrected chi connectivity index (χ0v) is 23.8. The van der Waals surface area contributed by atoms with Crippen molar-refractivity contribution in [3.63, 3.8) is 0 Å². The van der Waals surface area contributed by atoms with E-state index in [9.17, 15) is 29.4 Å². The van der Waals surface area contributed by atoms with Gasteiger partial charge in [-0.05, 0) is 50.5 Å². The topological polar surface area (TPSA) is 151 Å². The number of carbonyl (C=O) groups excluding carboxylic acids is 2. The van der Waals surface area contributed by atoms with Gasteiger partial charge in [-0.3, -0.25) is 14.4 Å². The van der Waals surface area contributed by atoms with Gasteiger partial charge in [0.2, 0.25) is 0 Å². The van der Waals surface area contributed by atoms with E-state index < -0.39 is 41.3 Å². The minimum absolute atomic E-state index is 0.0287. The first-order valence-electron chi connectivity index (χ1n) is 14.1. The van der Waals surface area contributed by atoms with Crippen molar-refractivity contribution in [1.82, 2.24) is 4.90 Å². The van der Waals surface area contributed by atoms with Crippen molar-refractivity contribution in [3.8, 4) is 11.5 Å². The van der Waals surface area contributed by atoms with Crippen molar-refractivity contribution in [1.29, 1.82) is 0 Å². The molecule has 40 heavy (non-hydrogen) atoms. The fourth-order valence-electron chi connectivity index (χ4n) is 8.38. The third-order valence-electron chi connectivity index (χ3n) is 10.7. The van der Waals surface area contributed by atoms with Gasteiger partial charge >= 0.3 is 17.9 Å². The summed E-state index contributed by atoms with van der Waals surface area (Å²) in [7, 11) is 0. The molecule has 6 atom stereocenters. The molecule has 2 heterocycles. The highest BCUT2D eigenvalue weighted by Gasteiger charge is 2.68. The summed E-state index contributed by atoms with van der Waals surface area (Å²) in [4.78, 5) is 49.8. The van der Waals surface area contributed by atoms with Gasteiger partial charge in [-0.2, -0.15) is 0 Å². The third-order valence-corrected chi connectivity index (χ3v) is 10.7. The molecule has 0 radical (unpaired) electrons. The predicted octanol–water partition coefficient (Wildman–Crippen LogP) is 4.14. The monoisotopic (exact) mass is 557 g/mol. The number of benzene rings is 1. The Balaban J connectivity index is 1.59. The largest absolute Gasteiger partial charge is 0.508 e. The van der Waals surface area contributed by atoms with E-state index in [1.807, 2.05) is 0 Å². The van der Waals surface area contributed by atoms with Gasteiger partial charge in [0.15, 0.2) is 0 Å². The first kappa shape index (κ1) is 28.2. The summed E-state index contributed by atoms with van der Waals surface area (Å²) in [6.45, 7) is 10.1. The quantitative estimate of drug-likeness (QED) is 0.438. The molecule has 2 aliphatic heterocycles. The summed E-state index contributed by atoms with van der Waals surface area (Å²) in [6.07, 6.45) is 2.73. The molecule has 2 fully saturated rings. The van der Waals surface area contributed by atoms with E-state index in [0.29, 0.717) is 36.1 Å². The molecule has 0 saturated heterocycles. The Kier molecular flexibility index (Phi) is 6.62. The van der Waals surface area contributed by atoms with E-state index in [-0.39, 0.29) is 53.6 Å². The van der Waals surface area contributed by atoms with E-state index in [4.69, 9.17) is 14.6 Å². The number of carbonyl (C=O) groups is 4. The van der Waals surface area contributed by atoms with Crippen LogP contribution in [0.2, 0.25) is 0 Å². The standard InChI is InChI=1S/C30H39NO9/c1-15-6-8-22-28(3,4)23(39-16(2)32)10-11-30(22)29(15,5)13-18-21(33)12-17-19(25(18)40-30)14-31(26(17)36)20(27(37)38)7-9-24(34)35/h12,15,20,22-23,33H,6-11,13-14H2,1-5H3,(H,34,35)(H,37,38)/t15-,20?,22-,23-,29+,30-/m0/s1. The number of nitrogens with zero attached hydrogens (tertiary/aromatic N) is 1. The molecule has 2 aliphatic carbocycles. The van der Waals surface area contributed by atoms with Gasteiger partial charge < -0.3 is 29.7 Å². The number of aromatic hydroxyl groups is 1. The molecule has 0 bridgehead atoms. The average molecular weight is 558 g/mol. The molecule has 0 aromatic heterocycles. The zero-order valence-electron chi connectivity index (χ0n) is 23.8. The minimum Gasteiger partial charge on any atom is -0.508 e.